The minimum Gasteiger partial charge on any atom is -0.480 e. The second-order valence-corrected chi connectivity index (χ2v) is 5.30. The van der Waals surface area contributed by atoms with E-state index in [1.54, 1.807) is 0 Å². The lowest BCUT2D eigenvalue weighted by molar-refractivity contribution is -0.140. The zero-order valence-corrected chi connectivity index (χ0v) is 11.4. The highest BCUT2D eigenvalue weighted by atomic mass is 32.2. The number of carbonyl (C=O) groups excluding carboxylic acids is 1. The van der Waals surface area contributed by atoms with Crippen LogP contribution in [-0.2, 0) is 11.2 Å². The minimum absolute atomic E-state index is 0.360. The lowest BCUT2D eigenvalue weighted by Crippen LogP contribution is -2.43. The van der Waals surface area contributed by atoms with Gasteiger partial charge in [0.15, 0.2) is 0 Å². The molecule has 6 heteroatoms. The van der Waals surface area contributed by atoms with Gasteiger partial charge in [0.05, 0.1) is 5.88 Å². The Morgan fingerprint density at radius 3 is 2.68 bits per heavy atom. The highest BCUT2D eigenvalue weighted by Crippen LogP contribution is 2.22. The number of carbonyl (C=O) groups is 2. The van der Waals surface area contributed by atoms with Crippen molar-refractivity contribution in [3.05, 3.63) is 29.8 Å². The molecule has 1 aliphatic heterocycles. The second-order valence-electron chi connectivity index (χ2n) is 4.30. The summed E-state index contributed by atoms with van der Waals surface area (Å²) in [6.45, 7) is 2.06. The fraction of sp³-hybridized carbons (Fsp3) is 0.385. The average Bonchev–Trinajstić information content (AvgIpc) is 2.89. The number of anilines is 1. The molecule has 2 amide bonds. The van der Waals surface area contributed by atoms with E-state index < -0.39 is 12.0 Å². The molecule has 1 unspecified atom stereocenters. The molecule has 0 bridgehead atoms. The Kier molecular flexibility index (Phi) is 4.31. The molecule has 1 fully saturated rings. The summed E-state index contributed by atoms with van der Waals surface area (Å²) in [5.41, 5.74) is 1.88. The molecule has 0 aliphatic carbocycles. The first kappa shape index (κ1) is 13.7. The van der Waals surface area contributed by atoms with E-state index in [9.17, 15) is 9.59 Å². The first-order valence-corrected chi connectivity index (χ1v) is 7.24. The van der Waals surface area contributed by atoms with Crippen LogP contribution in [0.15, 0.2) is 24.3 Å². The van der Waals surface area contributed by atoms with E-state index >= 15 is 0 Å². The van der Waals surface area contributed by atoms with Gasteiger partial charge < -0.3 is 15.3 Å². The van der Waals surface area contributed by atoms with Crippen molar-refractivity contribution in [2.24, 2.45) is 0 Å². The molecule has 0 saturated carbocycles. The number of carboxylic acids is 1. The first-order valence-electron chi connectivity index (χ1n) is 6.09. The van der Waals surface area contributed by atoms with E-state index in [2.05, 4.69) is 12.2 Å². The third-order valence-electron chi connectivity index (χ3n) is 3.04. The average molecular weight is 280 g/mol. The maximum atomic E-state index is 12.0. The molecule has 0 spiro atoms. The lowest BCUT2D eigenvalue weighted by Gasteiger charge is -2.20. The fourth-order valence-corrected chi connectivity index (χ4v) is 3.01. The van der Waals surface area contributed by atoms with Crippen molar-refractivity contribution < 1.29 is 14.7 Å². The van der Waals surface area contributed by atoms with Crippen LogP contribution in [0.4, 0.5) is 10.5 Å². The SMILES string of the molecule is CCc1ccc(NC(=O)N2CSCC2C(=O)O)cc1. The molecule has 1 aromatic rings. The third-order valence-corrected chi connectivity index (χ3v) is 4.05. The van der Waals surface area contributed by atoms with Crippen LogP contribution in [0.25, 0.3) is 0 Å². The molecular formula is C13H16N2O3S. The van der Waals surface area contributed by atoms with Crippen molar-refractivity contribution in [2.75, 3.05) is 16.9 Å². The van der Waals surface area contributed by atoms with E-state index in [1.165, 1.54) is 22.2 Å². The van der Waals surface area contributed by atoms with Crippen LogP contribution in [0, 0.1) is 0 Å². The van der Waals surface area contributed by atoms with Crippen LogP contribution in [0.3, 0.4) is 0 Å². The van der Waals surface area contributed by atoms with Gasteiger partial charge in [0.1, 0.15) is 6.04 Å². The van der Waals surface area contributed by atoms with Gasteiger partial charge in [-0.1, -0.05) is 19.1 Å². The van der Waals surface area contributed by atoms with Crippen molar-refractivity contribution in [3.63, 3.8) is 0 Å². The van der Waals surface area contributed by atoms with E-state index in [0.717, 1.165) is 6.42 Å². The predicted molar refractivity (Wildman–Crippen MR) is 75.4 cm³/mol. The molecule has 1 atom stereocenters. The van der Waals surface area contributed by atoms with Crippen LogP contribution in [0.5, 0.6) is 0 Å². The van der Waals surface area contributed by atoms with Gasteiger partial charge in [0.25, 0.3) is 0 Å². The molecule has 1 aliphatic rings. The number of aliphatic carboxylic acids is 1. The number of urea groups is 1. The largest absolute Gasteiger partial charge is 0.480 e. The van der Waals surface area contributed by atoms with Gasteiger partial charge in [0, 0.05) is 11.4 Å². The zero-order valence-electron chi connectivity index (χ0n) is 10.6. The van der Waals surface area contributed by atoms with Crippen molar-refractivity contribution in [2.45, 2.75) is 19.4 Å². The first-order chi connectivity index (χ1) is 9.11. The summed E-state index contributed by atoms with van der Waals surface area (Å²) in [6, 6.07) is 6.46. The Morgan fingerprint density at radius 1 is 1.42 bits per heavy atom. The molecule has 1 saturated heterocycles. The molecule has 2 N–H and O–H groups in total. The summed E-state index contributed by atoms with van der Waals surface area (Å²) >= 11 is 1.45. The van der Waals surface area contributed by atoms with Crippen LogP contribution in [0.2, 0.25) is 0 Å². The number of carboxylic acid groups (broad SMARTS) is 1. The summed E-state index contributed by atoms with van der Waals surface area (Å²) < 4.78 is 0. The van der Waals surface area contributed by atoms with E-state index in [0.29, 0.717) is 17.3 Å². The van der Waals surface area contributed by atoms with Crippen LogP contribution < -0.4 is 5.32 Å². The van der Waals surface area contributed by atoms with Gasteiger partial charge >= 0.3 is 12.0 Å². The van der Waals surface area contributed by atoms with Crippen molar-refractivity contribution in [1.29, 1.82) is 0 Å². The lowest BCUT2D eigenvalue weighted by atomic mass is 10.1. The number of hydrogen-bond acceptors (Lipinski definition) is 3. The maximum Gasteiger partial charge on any atom is 0.327 e. The Bertz CT molecular complexity index is 475. The van der Waals surface area contributed by atoms with Gasteiger partial charge in [-0.3, -0.25) is 0 Å². The topological polar surface area (TPSA) is 69.6 Å². The summed E-state index contributed by atoms with van der Waals surface area (Å²) in [5, 5.41) is 11.8. The van der Waals surface area contributed by atoms with Gasteiger partial charge in [-0.2, -0.15) is 0 Å². The quantitative estimate of drug-likeness (QED) is 0.891. The Balaban J connectivity index is 2.01. The summed E-state index contributed by atoms with van der Waals surface area (Å²) in [5.74, 6) is -0.102. The number of aryl methyl sites for hydroxylation is 1. The molecular weight excluding hydrogens is 264 g/mol. The van der Waals surface area contributed by atoms with Crippen LogP contribution in [0.1, 0.15) is 12.5 Å². The molecule has 1 aromatic carbocycles. The second kappa shape index (κ2) is 5.97. The number of nitrogens with zero attached hydrogens (tertiary/aromatic N) is 1. The number of nitrogens with one attached hydrogen (secondary N) is 1. The standard InChI is InChI=1S/C13H16N2O3S/c1-2-9-3-5-10(6-4-9)14-13(18)15-8-19-7-11(15)12(16)17/h3-6,11H,2,7-8H2,1H3,(H,14,18)(H,16,17). The number of hydrogen-bond donors (Lipinski definition) is 2. The van der Waals surface area contributed by atoms with E-state index in [-0.39, 0.29) is 6.03 Å². The summed E-state index contributed by atoms with van der Waals surface area (Å²) in [6.07, 6.45) is 0.943. The monoisotopic (exact) mass is 280 g/mol. The van der Waals surface area contributed by atoms with E-state index in [4.69, 9.17) is 5.11 Å². The van der Waals surface area contributed by atoms with E-state index in [1.807, 2.05) is 24.3 Å². The van der Waals surface area contributed by atoms with Gasteiger partial charge in [-0.05, 0) is 24.1 Å². The molecule has 5 nitrogen and oxygen atoms in total. The third kappa shape index (κ3) is 3.20. The van der Waals surface area contributed by atoms with Crippen LogP contribution in [-0.4, -0.2) is 39.7 Å². The van der Waals surface area contributed by atoms with Gasteiger partial charge in [-0.25, -0.2) is 9.59 Å². The summed E-state index contributed by atoms with van der Waals surface area (Å²) in [4.78, 5) is 24.4. The molecule has 2 rings (SSSR count). The minimum atomic E-state index is -0.957. The molecule has 1 heterocycles. The number of thioether (sulfide) groups is 1. The van der Waals surface area contributed by atoms with Crippen LogP contribution >= 0.6 is 11.8 Å². The molecule has 0 radical (unpaired) electrons. The number of rotatable bonds is 3. The van der Waals surface area contributed by atoms with Crippen molar-refractivity contribution in [1.82, 2.24) is 4.90 Å². The normalized spacial score (nSPS) is 18.4. The fourth-order valence-electron chi connectivity index (χ4n) is 1.87. The van der Waals surface area contributed by atoms with Gasteiger partial charge in [-0.15, -0.1) is 11.8 Å². The Labute approximate surface area is 116 Å². The Morgan fingerprint density at radius 2 is 2.11 bits per heavy atom. The van der Waals surface area contributed by atoms with Crippen molar-refractivity contribution >= 4 is 29.4 Å². The van der Waals surface area contributed by atoms with Crippen molar-refractivity contribution in [3.8, 4) is 0 Å². The summed E-state index contributed by atoms with van der Waals surface area (Å²) in [7, 11) is 0. The van der Waals surface area contributed by atoms with Gasteiger partial charge in [0.2, 0.25) is 0 Å². The predicted octanol–water partition coefficient (Wildman–Crippen LogP) is 2.24. The maximum absolute atomic E-state index is 12.0. The number of benzene rings is 1. The Hall–Kier alpha value is -1.69. The zero-order chi connectivity index (χ0) is 13.8. The molecule has 0 aromatic heterocycles. The number of amides is 2. The smallest absolute Gasteiger partial charge is 0.327 e. The highest BCUT2D eigenvalue weighted by Gasteiger charge is 2.34. The molecule has 19 heavy (non-hydrogen) atoms. The highest BCUT2D eigenvalue weighted by molar-refractivity contribution is 7.99. The molecule has 102 valence electrons.